The molecule has 1 rings (SSSR count). The Morgan fingerprint density at radius 1 is 1.35 bits per heavy atom. The number of benzene rings is 1. The van der Waals surface area contributed by atoms with Crippen LogP contribution in [0.15, 0.2) is 18.2 Å². The molecule has 0 fully saturated rings. The highest BCUT2D eigenvalue weighted by Crippen LogP contribution is 2.23. The quantitative estimate of drug-likeness (QED) is 0.677. The highest BCUT2D eigenvalue weighted by atomic mass is 16.5. The summed E-state index contributed by atoms with van der Waals surface area (Å²) >= 11 is 0. The maximum absolute atomic E-state index is 11.9. The number of carboxylic acids is 1. The lowest BCUT2D eigenvalue weighted by atomic mass is 10.1. The Kier molecular flexibility index (Phi) is 5.79. The van der Waals surface area contributed by atoms with Crippen LogP contribution >= 0.6 is 0 Å². The molecule has 1 unspecified atom stereocenters. The Hall–Kier alpha value is -2.28. The maximum Gasteiger partial charge on any atom is 0.326 e. The lowest BCUT2D eigenvalue weighted by Crippen LogP contribution is -2.41. The van der Waals surface area contributed by atoms with Gasteiger partial charge in [0.05, 0.1) is 12.7 Å². The number of ether oxygens (including phenoxy) is 2. The monoisotopic (exact) mass is 283 g/mol. The number of amides is 1. The number of carbonyl (C=O) groups excluding carboxylic acids is 1. The van der Waals surface area contributed by atoms with Crippen molar-refractivity contribution in [3.05, 3.63) is 23.8 Å². The van der Waals surface area contributed by atoms with Gasteiger partial charge in [-0.25, -0.2) is 4.79 Å². The molecule has 20 heavy (non-hydrogen) atoms. The number of hydrogen-bond donors (Lipinski definition) is 3. The maximum atomic E-state index is 11.9. The normalized spacial score (nSPS) is 11.7. The minimum atomic E-state index is -1.16. The lowest BCUT2D eigenvalue weighted by molar-refractivity contribution is -0.139. The van der Waals surface area contributed by atoms with E-state index in [9.17, 15) is 14.7 Å². The average Bonchev–Trinajstić information content (AvgIpc) is 2.42. The molecule has 0 radical (unpaired) electrons. The van der Waals surface area contributed by atoms with Gasteiger partial charge in [0.2, 0.25) is 0 Å². The first-order valence-electron chi connectivity index (χ1n) is 5.89. The molecule has 1 amide bonds. The van der Waals surface area contributed by atoms with E-state index in [4.69, 9.17) is 14.6 Å². The van der Waals surface area contributed by atoms with E-state index in [1.54, 1.807) is 0 Å². The second kappa shape index (κ2) is 7.34. The van der Waals surface area contributed by atoms with Crippen molar-refractivity contribution in [3.8, 4) is 11.5 Å². The molecule has 0 heterocycles. The molecule has 0 bridgehead atoms. The molecule has 3 N–H and O–H groups in total. The van der Waals surface area contributed by atoms with Gasteiger partial charge in [0.15, 0.2) is 0 Å². The van der Waals surface area contributed by atoms with Gasteiger partial charge in [0.25, 0.3) is 5.91 Å². The number of nitrogens with one attached hydrogen (secondary N) is 1. The molecule has 7 nitrogen and oxygen atoms in total. The summed E-state index contributed by atoms with van der Waals surface area (Å²) in [4.78, 5) is 22.9. The van der Waals surface area contributed by atoms with Crippen LogP contribution in [0.1, 0.15) is 16.8 Å². The van der Waals surface area contributed by atoms with E-state index >= 15 is 0 Å². The summed E-state index contributed by atoms with van der Waals surface area (Å²) in [5.74, 6) is -1.72. The average molecular weight is 283 g/mol. The Morgan fingerprint density at radius 2 is 2.05 bits per heavy atom. The molecule has 1 aromatic rings. The van der Waals surface area contributed by atoms with Crippen molar-refractivity contribution in [1.29, 1.82) is 0 Å². The van der Waals surface area contributed by atoms with Gasteiger partial charge in [-0.2, -0.15) is 0 Å². The number of carbonyl (C=O) groups is 2. The Labute approximate surface area is 116 Å². The van der Waals surface area contributed by atoms with Crippen LogP contribution in [0.25, 0.3) is 0 Å². The minimum absolute atomic E-state index is 0.0190. The van der Waals surface area contributed by atoms with Crippen molar-refractivity contribution in [2.24, 2.45) is 0 Å². The van der Waals surface area contributed by atoms with Gasteiger partial charge >= 0.3 is 5.97 Å². The predicted molar refractivity (Wildman–Crippen MR) is 70.0 cm³/mol. The molecule has 0 saturated heterocycles. The lowest BCUT2D eigenvalue weighted by Gasteiger charge is -2.14. The van der Waals surface area contributed by atoms with Crippen LogP contribution in [0.5, 0.6) is 11.5 Å². The van der Waals surface area contributed by atoms with E-state index in [0.29, 0.717) is 5.75 Å². The number of phenolic OH excluding ortho intramolecular Hbond substituents is 1. The summed E-state index contributed by atoms with van der Waals surface area (Å²) in [5.41, 5.74) is -0.0190. The zero-order chi connectivity index (χ0) is 15.1. The largest absolute Gasteiger partial charge is 0.507 e. The molecule has 0 spiro atoms. The SMILES string of the molecule is COCCC(NC(=O)c1ccc(OC)cc1O)C(=O)O. The zero-order valence-corrected chi connectivity index (χ0v) is 11.3. The van der Waals surface area contributed by atoms with Crippen LogP contribution in [0.4, 0.5) is 0 Å². The van der Waals surface area contributed by atoms with Crippen LogP contribution in [-0.2, 0) is 9.53 Å². The first kappa shape index (κ1) is 15.8. The van der Waals surface area contributed by atoms with E-state index in [0.717, 1.165) is 0 Å². The molecular formula is C13H17NO6. The molecule has 0 aliphatic heterocycles. The van der Waals surface area contributed by atoms with Gasteiger partial charge < -0.3 is 25.0 Å². The summed E-state index contributed by atoms with van der Waals surface area (Å²) in [6.07, 6.45) is 0.133. The van der Waals surface area contributed by atoms with Gasteiger partial charge in [-0.3, -0.25) is 4.79 Å². The summed E-state index contributed by atoms with van der Waals surface area (Å²) in [7, 11) is 2.87. The number of rotatable bonds is 7. The Morgan fingerprint density at radius 3 is 2.55 bits per heavy atom. The number of methoxy groups -OCH3 is 2. The van der Waals surface area contributed by atoms with Gasteiger partial charge in [-0.05, 0) is 12.1 Å². The molecule has 7 heteroatoms. The third kappa shape index (κ3) is 4.13. The fourth-order valence-electron chi connectivity index (χ4n) is 1.56. The van der Waals surface area contributed by atoms with Crippen LogP contribution < -0.4 is 10.1 Å². The van der Waals surface area contributed by atoms with E-state index in [2.05, 4.69) is 5.32 Å². The Balaban J connectivity index is 2.80. The van der Waals surface area contributed by atoms with Gasteiger partial charge in [0.1, 0.15) is 17.5 Å². The van der Waals surface area contributed by atoms with Crippen molar-refractivity contribution >= 4 is 11.9 Å². The van der Waals surface area contributed by atoms with Crippen molar-refractivity contribution < 1.29 is 29.3 Å². The third-order valence-corrected chi connectivity index (χ3v) is 2.66. The molecule has 110 valence electrons. The number of aromatic hydroxyl groups is 1. The summed E-state index contributed by atoms with van der Waals surface area (Å²) in [5, 5.41) is 21.0. The fraction of sp³-hybridized carbons (Fsp3) is 0.385. The number of aliphatic carboxylic acids is 1. The molecule has 0 aliphatic carbocycles. The van der Waals surface area contributed by atoms with Gasteiger partial charge in [-0.1, -0.05) is 0 Å². The molecular weight excluding hydrogens is 266 g/mol. The first-order chi connectivity index (χ1) is 9.49. The van der Waals surface area contributed by atoms with E-state index in [1.165, 1.54) is 32.4 Å². The molecule has 0 aliphatic rings. The highest BCUT2D eigenvalue weighted by molar-refractivity contribution is 5.99. The minimum Gasteiger partial charge on any atom is -0.507 e. The topological polar surface area (TPSA) is 105 Å². The predicted octanol–water partition coefficient (Wildman–Crippen LogP) is 0.620. The highest BCUT2D eigenvalue weighted by Gasteiger charge is 2.22. The summed E-state index contributed by atoms with van der Waals surface area (Å²) in [6.45, 7) is 0.200. The van der Waals surface area contributed by atoms with Crippen LogP contribution in [0, 0.1) is 0 Å². The van der Waals surface area contributed by atoms with E-state index in [-0.39, 0.29) is 24.3 Å². The molecule has 0 aromatic heterocycles. The number of phenols is 1. The molecule has 0 saturated carbocycles. The van der Waals surface area contributed by atoms with E-state index in [1.807, 2.05) is 0 Å². The summed E-state index contributed by atoms with van der Waals surface area (Å²) in [6, 6.07) is 3.06. The molecule has 1 atom stereocenters. The number of hydrogen-bond acceptors (Lipinski definition) is 5. The van der Waals surface area contributed by atoms with Crippen molar-refractivity contribution in [3.63, 3.8) is 0 Å². The van der Waals surface area contributed by atoms with Crippen molar-refractivity contribution in [2.75, 3.05) is 20.8 Å². The van der Waals surface area contributed by atoms with Crippen molar-refractivity contribution in [1.82, 2.24) is 5.32 Å². The second-order valence-electron chi connectivity index (χ2n) is 4.03. The van der Waals surface area contributed by atoms with Crippen LogP contribution in [0.3, 0.4) is 0 Å². The Bertz CT molecular complexity index is 488. The first-order valence-corrected chi connectivity index (χ1v) is 5.89. The smallest absolute Gasteiger partial charge is 0.326 e. The van der Waals surface area contributed by atoms with Crippen LogP contribution in [0.2, 0.25) is 0 Å². The van der Waals surface area contributed by atoms with Crippen LogP contribution in [-0.4, -0.2) is 49.0 Å². The fourth-order valence-corrected chi connectivity index (χ4v) is 1.56. The molecule has 1 aromatic carbocycles. The number of carboxylic acid groups (broad SMARTS) is 1. The standard InChI is InChI=1S/C13H17NO6/c1-19-6-5-10(13(17)18)14-12(16)9-4-3-8(20-2)7-11(9)15/h3-4,7,10,15H,5-6H2,1-2H3,(H,14,16)(H,17,18). The van der Waals surface area contributed by atoms with Crippen molar-refractivity contribution in [2.45, 2.75) is 12.5 Å². The third-order valence-electron chi connectivity index (χ3n) is 2.66. The van der Waals surface area contributed by atoms with Gasteiger partial charge in [0, 0.05) is 26.2 Å². The zero-order valence-electron chi connectivity index (χ0n) is 11.3. The van der Waals surface area contributed by atoms with E-state index < -0.39 is 17.9 Å². The summed E-state index contributed by atoms with van der Waals surface area (Å²) < 4.78 is 9.68. The van der Waals surface area contributed by atoms with Gasteiger partial charge in [-0.15, -0.1) is 0 Å². The second-order valence-corrected chi connectivity index (χ2v) is 4.03.